The number of carbonyl (C=O) groups is 1. The number of fused-ring (bicyclic) bond motifs is 1. The number of carbonyl (C=O) groups excluding carboxylic acids is 1. The zero-order chi connectivity index (χ0) is 21.8. The van der Waals surface area contributed by atoms with E-state index in [1.165, 1.54) is 18.2 Å². The number of pyridine rings is 1. The highest BCUT2D eigenvalue weighted by molar-refractivity contribution is 7.87. The van der Waals surface area contributed by atoms with Crippen LogP contribution in [-0.2, 0) is 16.7 Å². The van der Waals surface area contributed by atoms with E-state index >= 15 is 0 Å². The van der Waals surface area contributed by atoms with Gasteiger partial charge in [0.15, 0.2) is 0 Å². The van der Waals surface area contributed by atoms with Crippen molar-refractivity contribution < 1.29 is 17.4 Å². The average Bonchev–Trinajstić information content (AvgIpc) is 2.77. The summed E-state index contributed by atoms with van der Waals surface area (Å²) in [6, 6.07) is 22.3. The Morgan fingerprint density at radius 2 is 1.74 bits per heavy atom. The first-order valence-corrected chi connectivity index (χ1v) is 11.1. The zero-order valence-electron chi connectivity index (χ0n) is 16.8. The van der Waals surface area contributed by atoms with Crippen molar-refractivity contribution in [3.63, 3.8) is 0 Å². The first-order valence-electron chi connectivity index (χ1n) is 9.64. The minimum Gasteiger partial charge on any atom is -0.379 e. The van der Waals surface area contributed by atoms with E-state index < -0.39 is 10.1 Å². The summed E-state index contributed by atoms with van der Waals surface area (Å²) in [4.78, 5) is 16.7. The molecule has 1 N–H and O–H groups in total. The highest BCUT2D eigenvalue weighted by Crippen LogP contribution is 2.25. The summed E-state index contributed by atoms with van der Waals surface area (Å²) in [5.74, 6) is -0.273. The summed E-state index contributed by atoms with van der Waals surface area (Å²) in [6.45, 7) is 2.25. The first kappa shape index (κ1) is 20.6. The van der Waals surface area contributed by atoms with Gasteiger partial charge in [-0.05, 0) is 48.4 Å². The van der Waals surface area contributed by atoms with Crippen LogP contribution in [0.15, 0.2) is 90.0 Å². The predicted molar refractivity (Wildman–Crippen MR) is 118 cm³/mol. The van der Waals surface area contributed by atoms with Gasteiger partial charge in [-0.15, -0.1) is 0 Å². The number of para-hydroxylation sites is 1. The van der Waals surface area contributed by atoms with Gasteiger partial charge in [-0.1, -0.05) is 48.5 Å². The molecule has 4 rings (SSSR count). The van der Waals surface area contributed by atoms with E-state index in [1.807, 2.05) is 43.3 Å². The van der Waals surface area contributed by atoms with Crippen LogP contribution in [0.2, 0.25) is 0 Å². The van der Waals surface area contributed by atoms with Gasteiger partial charge >= 0.3 is 10.1 Å². The molecule has 1 aromatic heterocycles. The summed E-state index contributed by atoms with van der Waals surface area (Å²) in [6.07, 6.45) is 1.61. The Hall–Kier alpha value is -3.71. The Labute approximate surface area is 180 Å². The molecule has 0 aliphatic rings. The number of nitrogens with one attached hydrogen (secondary N) is 1. The minimum atomic E-state index is -4.14. The number of hydrogen-bond acceptors (Lipinski definition) is 5. The molecule has 0 unspecified atom stereocenters. The molecule has 0 radical (unpaired) electrons. The summed E-state index contributed by atoms with van der Waals surface area (Å²) in [5.41, 5.74) is 2.53. The lowest BCUT2D eigenvalue weighted by atomic mass is 10.2. The van der Waals surface area contributed by atoms with Crippen molar-refractivity contribution in [3.05, 3.63) is 102 Å². The number of aryl methyl sites for hydroxylation is 1. The van der Waals surface area contributed by atoms with E-state index in [9.17, 15) is 13.2 Å². The lowest BCUT2D eigenvalue weighted by molar-refractivity contribution is 0.0950. The molecular formula is C24H20N2O4S. The molecule has 4 aromatic rings. The predicted octanol–water partition coefficient (Wildman–Crippen LogP) is 4.24. The van der Waals surface area contributed by atoms with Crippen LogP contribution < -0.4 is 9.50 Å². The van der Waals surface area contributed by atoms with Gasteiger partial charge in [0.05, 0.1) is 5.52 Å². The van der Waals surface area contributed by atoms with Crippen LogP contribution in [-0.4, -0.2) is 19.3 Å². The van der Waals surface area contributed by atoms with E-state index in [-0.39, 0.29) is 16.6 Å². The quantitative estimate of drug-likeness (QED) is 0.461. The van der Waals surface area contributed by atoms with Crippen molar-refractivity contribution in [1.82, 2.24) is 10.3 Å². The fraction of sp³-hybridized carbons (Fsp3) is 0.0833. The summed E-state index contributed by atoms with van der Waals surface area (Å²) in [5, 5.41) is 3.52. The molecule has 0 spiro atoms. The normalized spacial score (nSPS) is 11.3. The average molecular weight is 433 g/mol. The van der Waals surface area contributed by atoms with Crippen molar-refractivity contribution in [1.29, 1.82) is 0 Å². The number of hydrogen-bond donors (Lipinski definition) is 1. The number of nitrogens with zero attached hydrogens (tertiary/aromatic N) is 1. The maximum atomic E-state index is 12.9. The second kappa shape index (κ2) is 8.57. The molecule has 0 saturated heterocycles. The monoisotopic (exact) mass is 432 g/mol. The molecule has 0 aliphatic carbocycles. The van der Waals surface area contributed by atoms with E-state index in [4.69, 9.17) is 4.18 Å². The maximum absolute atomic E-state index is 12.9. The van der Waals surface area contributed by atoms with Crippen LogP contribution in [0.25, 0.3) is 10.9 Å². The molecule has 0 atom stereocenters. The van der Waals surface area contributed by atoms with Gasteiger partial charge in [0.1, 0.15) is 10.6 Å². The summed E-state index contributed by atoms with van der Waals surface area (Å²) < 4.78 is 31.2. The number of rotatable bonds is 6. The molecule has 0 bridgehead atoms. The van der Waals surface area contributed by atoms with Crippen LogP contribution in [0, 0.1) is 6.92 Å². The Kier molecular flexibility index (Phi) is 5.68. The van der Waals surface area contributed by atoms with Gasteiger partial charge < -0.3 is 9.50 Å². The third-order valence-corrected chi connectivity index (χ3v) is 5.96. The second-order valence-corrected chi connectivity index (χ2v) is 8.59. The van der Waals surface area contributed by atoms with E-state index in [0.29, 0.717) is 23.0 Å². The maximum Gasteiger partial charge on any atom is 0.341 e. The Morgan fingerprint density at radius 3 is 2.55 bits per heavy atom. The second-order valence-electron chi connectivity index (χ2n) is 7.07. The van der Waals surface area contributed by atoms with Crippen molar-refractivity contribution in [3.8, 4) is 5.75 Å². The Morgan fingerprint density at radius 1 is 0.968 bits per heavy atom. The Balaban J connectivity index is 1.55. The zero-order valence-corrected chi connectivity index (χ0v) is 17.6. The van der Waals surface area contributed by atoms with Gasteiger partial charge in [0, 0.05) is 23.7 Å². The minimum absolute atomic E-state index is 0.0241. The highest BCUT2D eigenvalue weighted by Gasteiger charge is 2.21. The standard InChI is InChI=1S/C24H20N2O4S/c1-17-13-19-9-6-12-22(23(19)25-15-17)31(28,29)30-21-11-5-10-20(14-21)24(27)26-16-18-7-3-2-4-8-18/h2-15H,16H2,1H3,(H,26,27). The number of aromatic nitrogens is 1. The van der Waals surface area contributed by atoms with Gasteiger partial charge in [0.2, 0.25) is 0 Å². The summed E-state index contributed by atoms with van der Waals surface area (Å²) >= 11 is 0. The number of amides is 1. The van der Waals surface area contributed by atoms with Crippen molar-refractivity contribution in [2.45, 2.75) is 18.4 Å². The highest BCUT2D eigenvalue weighted by atomic mass is 32.2. The smallest absolute Gasteiger partial charge is 0.341 e. The third kappa shape index (κ3) is 4.73. The molecule has 156 valence electrons. The molecule has 0 fully saturated rings. The Bertz CT molecular complexity index is 1350. The first-order chi connectivity index (χ1) is 14.9. The van der Waals surface area contributed by atoms with Gasteiger partial charge in [-0.25, -0.2) is 0 Å². The lowest BCUT2D eigenvalue weighted by Gasteiger charge is -2.11. The molecule has 0 aliphatic heterocycles. The van der Waals surface area contributed by atoms with Crippen LogP contribution in [0.4, 0.5) is 0 Å². The van der Waals surface area contributed by atoms with Crippen molar-refractivity contribution >= 4 is 26.9 Å². The fourth-order valence-electron chi connectivity index (χ4n) is 3.19. The molecule has 31 heavy (non-hydrogen) atoms. The SMILES string of the molecule is Cc1cnc2c(S(=O)(=O)Oc3cccc(C(=O)NCc4ccccc4)c3)cccc2c1. The van der Waals surface area contributed by atoms with E-state index in [2.05, 4.69) is 10.3 Å². The molecule has 3 aromatic carbocycles. The third-order valence-electron chi connectivity index (χ3n) is 4.68. The topological polar surface area (TPSA) is 85.4 Å². The molecular weight excluding hydrogens is 412 g/mol. The molecule has 7 heteroatoms. The van der Waals surface area contributed by atoms with Gasteiger partial charge in [-0.2, -0.15) is 8.42 Å². The van der Waals surface area contributed by atoms with E-state index in [0.717, 1.165) is 11.1 Å². The van der Waals surface area contributed by atoms with E-state index in [1.54, 1.807) is 30.5 Å². The van der Waals surface area contributed by atoms with Crippen LogP contribution >= 0.6 is 0 Å². The molecule has 6 nitrogen and oxygen atoms in total. The number of benzene rings is 3. The van der Waals surface area contributed by atoms with Gasteiger partial charge in [-0.3, -0.25) is 9.78 Å². The van der Waals surface area contributed by atoms with Crippen molar-refractivity contribution in [2.24, 2.45) is 0 Å². The molecule has 0 saturated carbocycles. The van der Waals surface area contributed by atoms with Crippen LogP contribution in [0.3, 0.4) is 0 Å². The van der Waals surface area contributed by atoms with Gasteiger partial charge in [0.25, 0.3) is 5.91 Å². The largest absolute Gasteiger partial charge is 0.379 e. The fourth-order valence-corrected chi connectivity index (χ4v) is 4.28. The molecule has 1 amide bonds. The van der Waals surface area contributed by atoms with Crippen molar-refractivity contribution in [2.75, 3.05) is 0 Å². The lowest BCUT2D eigenvalue weighted by Crippen LogP contribution is -2.22. The summed E-state index contributed by atoms with van der Waals surface area (Å²) in [7, 11) is -4.14. The van der Waals surface area contributed by atoms with Crippen LogP contribution in [0.1, 0.15) is 21.5 Å². The molecule has 1 heterocycles. The van der Waals surface area contributed by atoms with Crippen LogP contribution in [0.5, 0.6) is 5.75 Å².